The van der Waals surface area contributed by atoms with Crippen molar-refractivity contribution >= 4 is 38.9 Å². The number of halogens is 1. The van der Waals surface area contributed by atoms with E-state index in [9.17, 15) is 13.2 Å². The van der Waals surface area contributed by atoms with E-state index in [-0.39, 0.29) is 12.5 Å². The van der Waals surface area contributed by atoms with Gasteiger partial charge in [-0.3, -0.25) is 9.10 Å². The molecular formula is C23H23ClN2O4S. The zero-order valence-corrected chi connectivity index (χ0v) is 18.8. The summed E-state index contributed by atoms with van der Waals surface area (Å²) in [6.07, 6.45) is 1.15. The van der Waals surface area contributed by atoms with Crippen LogP contribution in [0.15, 0.2) is 72.8 Å². The monoisotopic (exact) mass is 458 g/mol. The molecule has 0 saturated carbocycles. The first-order valence-corrected chi connectivity index (χ1v) is 11.7. The first-order chi connectivity index (χ1) is 14.8. The summed E-state index contributed by atoms with van der Waals surface area (Å²) in [4.78, 5) is 12.6. The lowest BCUT2D eigenvalue weighted by Crippen LogP contribution is -2.29. The Balaban J connectivity index is 1.73. The molecule has 0 spiro atoms. The third-order valence-corrected chi connectivity index (χ3v) is 5.95. The minimum Gasteiger partial charge on any atom is -0.380 e. The molecule has 0 aliphatic rings. The lowest BCUT2D eigenvalue weighted by atomic mass is 10.1. The lowest BCUT2D eigenvalue weighted by Gasteiger charge is -2.22. The summed E-state index contributed by atoms with van der Waals surface area (Å²) >= 11 is 5.91. The van der Waals surface area contributed by atoms with Gasteiger partial charge in [0.2, 0.25) is 10.0 Å². The van der Waals surface area contributed by atoms with Crippen LogP contribution in [0.5, 0.6) is 0 Å². The molecule has 0 aliphatic heterocycles. The molecule has 0 bridgehead atoms. The van der Waals surface area contributed by atoms with Crippen LogP contribution < -0.4 is 9.62 Å². The Morgan fingerprint density at radius 3 is 2.29 bits per heavy atom. The number of sulfonamides is 1. The molecule has 8 heteroatoms. The van der Waals surface area contributed by atoms with Gasteiger partial charge in [0.15, 0.2) is 0 Å². The van der Waals surface area contributed by atoms with Gasteiger partial charge >= 0.3 is 0 Å². The molecule has 1 N–H and O–H groups in total. The number of rotatable bonds is 8. The van der Waals surface area contributed by atoms with E-state index in [1.165, 1.54) is 4.31 Å². The highest BCUT2D eigenvalue weighted by molar-refractivity contribution is 7.92. The molecule has 6 nitrogen and oxygen atoms in total. The summed E-state index contributed by atoms with van der Waals surface area (Å²) in [6.45, 7) is 0.601. The van der Waals surface area contributed by atoms with Crippen LogP contribution in [-0.2, 0) is 27.9 Å². The maximum atomic E-state index is 12.6. The van der Waals surface area contributed by atoms with Crippen LogP contribution in [0.25, 0.3) is 0 Å². The summed E-state index contributed by atoms with van der Waals surface area (Å²) in [7, 11) is -1.89. The third-order valence-electron chi connectivity index (χ3n) is 4.55. The van der Waals surface area contributed by atoms with Crippen molar-refractivity contribution in [2.75, 3.05) is 23.0 Å². The molecule has 0 aliphatic carbocycles. The highest BCUT2D eigenvalue weighted by Gasteiger charge is 2.18. The average molecular weight is 459 g/mol. The Bertz CT molecular complexity index is 1150. The number of nitrogens with zero attached hydrogens (tertiary/aromatic N) is 1. The Labute approximate surface area is 187 Å². The van der Waals surface area contributed by atoms with Crippen molar-refractivity contribution in [3.8, 4) is 0 Å². The molecule has 0 heterocycles. The van der Waals surface area contributed by atoms with Gasteiger partial charge in [-0.25, -0.2) is 8.42 Å². The summed E-state index contributed by atoms with van der Waals surface area (Å²) in [5.74, 6) is -0.251. The molecule has 0 unspecified atom stereocenters. The van der Waals surface area contributed by atoms with Crippen LogP contribution in [0.4, 0.5) is 11.4 Å². The van der Waals surface area contributed by atoms with Gasteiger partial charge in [-0.2, -0.15) is 0 Å². The number of carbonyl (C=O) groups excluding carboxylic acids is 1. The van der Waals surface area contributed by atoms with E-state index in [0.717, 1.165) is 17.4 Å². The molecule has 31 heavy (non-hydrogen) atoms. The van der Waals surface area contributed by atoms with Gasteiger partial charge in [-0.1, -0.05) is 35.9 Å². The Kier molecular flexibility index (Phi) is 7.33. The molecule has 0 atom stereocenters. The number of carbonyl (C=O) groups is 1. The second-order valence-electron chi connectivity index (χ2n) is 7.03. The lowest BCUT2D eigenvalue weighted by molar-refractivity contribution is 0.102. The molecule has 3 aromatic rings. The van der Waals surface area contributed by atoms with E-state index in [2.05, 4.69) is 5.32 Å². The number of benzene rings is 3. The van der Waals surface area contributed by atoms with Crippen LogP contribution in [0.3, 0.4) is 0 Å². The van der Waals surface area contributed by atoms with Gasteiger partial charge in [-0.15, -0.1) is 0 Å². The van der Waals surface area contributed by atoms with Crippen LogP contribution >= 0.6 is 11.6 Å². The summed E-state index contributed by atoms with van der Waals surface area (Å²) in [5.41, 5.74) is 3.37. The standard InChI is InChI=1S/C23H23ClN2O4S/c1-30-16-18-4-3-5-21(14-18)25-23(27)19-8-6-17(7-9-19)15-26(31(2,28)29)22-12-10-20(24)11-13-22/h3-14H,15-16H2,1-2H3,(H,25,27). The minimum atomic E-state index is -3.50. The van der Waals surface area contributed by atoms with Gasteiger partial charge in [0.25, 0.3) is 5.91 Å². The van der Waals surface area contributed by atoms with E-state index < -0.39 is 10.0 Å². The van der Waals surface area contributed by atoms with Crippen molar-refractivity contribution in [1.29, 1.82) is 0 Å². The smallest absolute Gasteiger partial charge is 0.255 e. The number of ether oxygens (including phenoxy) is 1. The van der Waals surface area contributed by atoms with Gasteiger partial charge < -0.3 is 10.1 Å². The molecule has 162 valence electrons. The number of amides is 1. The zero-order chi connectivity index (χ0) is 22.4. The van der Waals surface area contributed by atoms with E-state index in [1.807, 2.05) is 24.3 Å². The van der Waals surface area contributed by atoms with Crippen LogP contribution in [0, 0.1) is 0 Å². The average Bonchev–Trinajstić information content (AvgIpc) is 2.73. The molecule has 3 aromatic carbocycles. The van der Waals surface area contributed by atoms with Crippen molar-refractivity contribution < 1.29 is 17.9 Å². The van der Waals surface area contributed by atoms with Crippen LogP contribution in [0.1, 0.15) is 21.5 Å². The summed E-state index contributed by atoms with van der Waals surface area (Å²) in [6, 6.07) is 20.9. The van der Waals surface area contributed by atoms with E-state index in [0.29, 0.717) is 28.6 Å². The fourth-order valence-corrected chi connectivity index (χ4v) is 4.06. The maximum Gasteiger partial charge on any atom is 0.255 e. The molecular weight excluding hydrogens is 436 g/mol. The van der Waals surface area contributed by atoms with Gasteiger partial charge in [0.05, 0.1) is 25.1 Å². The topological polar surface area (TPSA) is 75.7 Å². The second-order valence-corrected chi connectivity index (χ2v) is 9.37. The van der Waals surface area contributed by atoms with Crippen LogP contribution in [0.2, 0.25) is 5.02 Å². The predicted molar refractivity (Wildman–Crippen MR) is 124 cm³/mol. The van der Waals surface area contributed by atoms with Crippen molar-refractivity contribution in [1.82, 2.24) is 0 Å². The quantitative estimate of drug-likeness (QED) is 0.530. The Hall–Kier alpha value is -2.87. The number of hydrogen-bond acceptors (Lipinski definition) is 4. The van der Waals surface area contributed by atoms with E-state index >= 15 is 0 Å². The summed E-state index contributed by atoms with van der Waals surface area (Å²) in [5, 5.41) is 3.39. The molecule has 0 fully saturated rings. The maximum absolute atomic E-state index is 12.6. The highest BCUT2D eigenvalue weighted by atomic mass is 35.5. The fourth-order valence-electron chi connectivity index (χ4n) is 3.04. The normalized spacial score (nSPS) is 11.2. The fraction of sp³-hybridized carbons (Fsp3) is 0.174. The molecule has 3 rings (SSSR count). The highest BCUT2D eigenvalue weighted by Crippen LogP contribution is 2.23. The molecule has 1 amide bonds. The van der Waals surface area contributed by atoms with Gasteiger partial charge in [0.1, 0.15) is 0 Å². The van der Waals surface area contributed by atoms with E-state index in [4.69, 9.17) is 16.3 Å². The number of anilines is 2. The van der Waals surface area contributed by atoms with Gasteiger partial charge in [-0.05, 0) is 59.7 Å². The first-order valence-electron chi connectivity index (χ1n) is 9.48. The second kappa shape index (κ2) is 9.96. The molecule has 0 radical (unpaired) electrons. The van der Waals surface area contributed by atoms with Crippen molar-refractivity contribution in [2.45, 2.75) is 13.2 Å². The Morgan fingerprint density at radius 2 is 1.68 bits per heavy atom. The third kappa shape index (κ3) is 6.30. The van der Waals surface area contributed by atoms with Crippen molar-refractivity contribution in [3.63, 3.8) is 0 Å². The first kappa shape index (κ1) is 22.8. The van der Waals surface area contributed by atoms with E-state index in [1.54, 1.807) is 55.6 Å². The number of methoxy groups -OCH3 is 1. The van der Waals surface area contributed by atoms with Crippen LogP contribution in [-0.4, -0.2) is 27.7 Å². The number of nitrogens with one attached hydrogen (secondary N) is 1. The van der Waals surface area contributed by atoms with Gasteiger partial charge in [0, 0.05) is 23.4 Å². The van der Waals surface area contributed by atoms with Crippen molar-refractivity contribution in [3.05, 3.63) is 94.5 Å². The number of hydrogen-bond donors (Lipinski definition) is 1. The predicted octanol–water partition coefficient (Wildman–Crippen LogP) is 4.70. The largest absolute Gasteiger partial charge is 0.380 e. The molecule has 0 aromatic heterocycles. The summed E-state index contributed by atoms with van der Waals surface area (Å²) < 4.78 is 31.0. The van der Waals surface area contributed by atoms with Crippen molar-refractivity contribution in [2.24, 2.45) is 0 Å². The SMILES string of the molecule is COCc1cccc(NC(=O)c2ccc(CN(c3ccc(Cl)cc3)S(C)(=O)=O)cc2)c1. The minimum absolute atomic E-state index is 0.140. The zero-order valence-electron chi connectivity index (χ0n) is 17.2. The molecule has 0 saturated heterocycles. The Morgan fingerprint density at radius 1 is 1.00 bits per heavy atom.